The first-order valence-electron chi connectivity index (χ1n) is 11.8. The Balaban J connectivity index is 2.28. The highest BCUT2D eigenvalue weighted by Gasteiger charge is 2.30. The first-order valence-corrected chi connectivity index (χ1v) is 11.8. The number of terminal acetylenes is 1. The highest BCUT2D eigenvalue weighted by atomic mass is 16.6. The largest absolute Gasteiger partial charge is 0.480 e. The van der Waals surface area contributed by atoms with Gasteiger partial charge in [0.1, 0.15) is 23.7 Å². The molecule has 0 spiro atoms. The van der Waals surface area contributed by atoms with Gasteiger partial charge < -0.3 is 25.8 Å². The van der Waals surface area contributed by atoms with Gasteiger partial charge in [0.15, 0.2) is 0 Å². The Labute approximate surface area is 217 Å². The van der Waals surface area contributed by atoms with Crippen molar-refractivity contribution in [2.24, 2.45) is 0 Å². The summed E-state index contributed by atoms with van der Waals surface area (Å²) in [5.41, 5.74) is 0.741. The number of benzene rings is 2. The van der Waals surface area contributed by atoms with Crippen molar-refractivity contribution in [1.29, 1.82) is 0 Å². The minimum Gasteiger partial charge on any atom is -0.480 e. The average Bonchev–Trinajstić information content (AvgIpc) is 2.83. The normalized spacial score (nSPS) is 13.2. The molecule has 0 aliphatic rings. The van der Waals surface area contributed by atoms with Crippen LogP contribution in [0.15, 0.2) is 60.7 Å². The molecule has 0 saturated carbocycles. The molecule has 196 valence electrons. The summed E-state index contributed by atoms with van der Waals surface area (Å²) in [5, 5.41) is 17.0. The van der Waals surface area contributed by atoms with Crippen molar-refractivity contribution in [2.45, 2.75) is 63.8 Å². The van der Waals surface area contributed by atoms with Gasteiger partial charge in [-0.1, -0.05) is 60.7 Å². The molecule has 3 atom stereocenters. The lowest BCUT2D eigenvalue weighted by Gasteiger charge is -2.26. The molecule has 0 saturated heterocycles. The van der Waals surface area contributed by atoms with Gasteiger partial charge in [-0.15, -0.1) is 12.3 Å². The first kappa shape index (κ1) is 28.9. The average molecular weight is 508 g/mol. The summed E-state index contributed by atoms with van der Waals surface area (Å²) in [6, 6.07) is 14.5. The molecule has 0 bridgehead atoms. The highest BCUT2D eigenvalue weighted by molar-refractivity contribution is 5.93. The third kappa shape index (κ3) is 10.4. The molecule has 0 fully saturated rings. The van der Waals surface area contributed by atoms with E-state index in [1.807, 2.05) is 24.3 Å². The van der Waals surface area contributed by atoms with Crippen LogP contribution in [0.25, 0.3) is 0 Å². The standard InChI is InChI=1S/C28H33N3O6/c1-5-12-21(26(34)35)29-24(32)22(17-19-13-8-6-9-14-19)30-25(33)23(18-20-15-10-7-11-16-20)31-27(36)37-28(2,3)4/h1,6-11,13-16,21-23H,12,17-18H2,2-4H3,(H,29,32)(H,30,33)(H,31,36)(H,34,35)/t21-,22-,23-/m1/s1. The van der Waals surface area contributed by atoms with Gasteiger partial charge >= 0.3 is 12.1 Å². The van der Waals surface area contributed by atoms with E-state index in [2.05, 4.69) is 21.9 Å². The molecule has 3 amide bonds. The second-order valence-electron chi connectivity index (χ2n) is 9.45. The number of rotatable bonds is 11. The van der Waals surface area contributed by atoms with E-state index in [4.69, 9.17) is 11.2 Å². The minimum absolute atomic E-state index is 0.0886. The maximum Gasteiger partial charge on any atom is 0.408 e. The van der Waals surface area contributed by atoms with Crippen molar-refractivity contribution < 1.29 is 29.0 Å². The van der Waals surface area contributed by atoms with Crippen LogP contribution in [0.1, 0.15) is 38.3 Å². The molecule has 2 rings (SSSR count). The summed E-state index contributed by atoms with van der Waals surface area (Å²) in [6.45, 7) is 5.11. The summed E-state index contributed by atoms with van der Waals surface area (Å²) in [5.74, 6) is -0.405. The summed E-state index contributed by atoms with van der Waals surface area (Å²) in [7, 11) is 0. The molecule has 0 heterocycles. The van der Waals surface area contributed by atoms with Gasteiger partial charge in [0.2, 0.25) is 11.8 Å². The fourth-order valence-electron chi connectivity index (χ4n) is 3.43. The zero-order valence-electron chi connectivity index (χ0n) is 21.2. The Morgan fingerprint density at radius 3 is 1.65 bits per heavy atom. The molecule has 0 aromatic heterocycles. The topological polar surface area (TPSA) is 134 Å². The monoisotopic (exact) mass is 507 g/mol. The summed E-state index contributed by atoms with van der Waals surface area (Å²) in [4.78, 5) is 50.5. The number of alkyl carbamates (subject to hydrolysis) is 1. The molecule has 37 heavy (non-hydrogen) atoms. The Morgan fingerprint density at radius 2 is 1.24 bits per heavy atom. The molecule has 0 unspecified atom stereocenters. The number of carboxylic acid groups (broad SMARTS) is 1. The lowest BCUT2D eigenvalue weighted by molar-refractivity contribution is -0.142. The molecule has 4 N–H and O–H groups in total. The van der Waals surface area contributed by atoms with E-state index in [0.717, 1.165) is 11.1 Å². The van der Waals surface area contributed by atoms with Crippen molar-refractivity contribution in [1.82, 2.24) is 16.0 Å². The van der Waals surface area contributed by atoms with Crippen LogP contribution in [0, 0.1) is 12.3 Å². The number of carbonyl (C=O) groups excluding carboxylic acids is 3. The minimum atomic E-state index is -1.31. The number of hydrogen-bond acceptors (Lipinski definition) is 5. The smallest absolute Gasteiger partial charge is 0.408 e. The lowest BCUT2D eigenvalue weighted by atomic mass is 10.0. The van der Waals surface area contributed by atoms with Crippen LogP contribution in [-0.4, -0.2) is 52.7 Å². The van der Waals surface area contributed by atoms with Crippen LogP contribution in [-0.2, 0) is 32.0 Å². The van der Waals surface area contributed by atoms with Gasteiger partial charge in [-0.3, -0.25) is 9.59 Å². The van der Waals surface area contributed by atoms with Crippen molar-refractivity contribution in [2.75, 3.05) is 0 Å². The Morgan fingerprint density at radius 1 is 0.811 bits per heavy atom. The predicted octanol–water partition coefficient (Wildman–Crippen LogP) is 2.44. The van der Waals surface area contributed by atoms with Crippen LogP contribution >= 0.6 is 0 Å². The number of amides is 3. The fraction of sp³-hybridized carbons (Fsp3) is 0.357. The molecule has 9 nitrogen and oxygen atoms in total. The number of carboxylic acids is 1. The van der Waals surface area contributed by atoms with Gasteiger partial charge in [0.05, 0.1) is 0 Å². The Kier molecular flexibility index (Phi) is 10.7. The fourth-order valence-corrected chi connectivity index (χ4v) is 3.43. The van der Waals surface area contributed by atoms with Gasteiger partial charge in [-0.05, 0) is 31.9 Å². The molecule has 2 aromatic rings. The lowest BCUT2D eigenvalue weighted by Crippen LogP contribution is -2.57. The number of ether oxygens (including phenoxy) is 1. The van der Waals surface area contributed by atoms with Gasteiger partial charge in [0.25, 0.3) is 0 Å². The van der Waals surface area contributed by atoms with E-state index in [1.54, 1.807) is 57.2 Å². The van der Waals surface area contributed by atoms with E-state index < -0.39 is 47.6 Å². The third-order valence-electron chi connectivity index (χ3n) is 5.14. The van der Waals surface area contributed by atoms with E-state index >= 15 is 0 Å². The molecule has 0 aliphatic carbocycles. The zero-order valence-corrected chi connectivity index (χ0v) is 21.2. The Bertz CT molecular complexity index is 1110. The quantitative estimate of drug-likeness (QED) is 0.345. The molecule has 2 aromatic carbocycles. The van der Waals surface area contributed by atoms with Gasteiger partial charge in [0, 0.05) is 19.3 Å². The van der Waals surface area contributed by atoms with Gasteiger partial charge in [-0.2, -0.15) is 0 Å². The maximum absolute atomic E-state index is 13.4. The number of hydrogen-bond donors (Lipinski definition) is 4. The van der Waals surface area contributed by atoms with Crippen molar-refractivity contribution in [3.8, 4) is 12.3 Å². The number of carbonyl (C=O) groups is 4. The van der Waals surface area contributed by atoms with Crippen LogP contribution in [0.5, 0.6) is 0 Å². The Hall–Kier alpha value is -4.32. The second kappa shape index (κ2) is 13.7. The molecule has 0 aliphatic heterocycles. The summed E-state index contributed by atoms with van der Waals surface area (Å²) < 4.78 is 5.32. The van der Waals surface area contributed by atoms with E-state index in [9.17, 15) is 24.3 Å². The van der Waals surface area contributed by atoms with E-state index in [1.165, 1.54) is 0 Å². The summed E-state index contributed by atoms with van der Waals surface area (Å²) >= 11 is 0. The van der Waals surface area contributed by atoms with E-state index in [-0.39, 0.29) is 19.3 Å². The molecule has 9 heteroatoms. The third-order valence-corrected chi connectivity index (χ3v) is 5.14. The van der Waals surface area contributed by atoms with Gasteiger partial charge in [-0.25, -0.2) is 9.59 Å². The van der Waals surface area contributed by atoms with E-state index in [0.29, 0.717) is 0 Å². The van der Waals surface area contributed by atoms with Crippen LogP contribution < -0.4 is 16.0 Å². The van der Waals surface area contributed by atoms with Crippen LogP contribution in [0.2, 0.25) is 0 Å². The van der Waals surface area contributed by atoms with Crippen molar-refractivity contribution >= 4 is 23.9 Å². The zero-order chi connectivity index (χ0) is 27.4. The predicted molar refractivity (Wildman–Crippen MR) is 138 cm³/mol. The first-order chi connectivity index (χ1) is 17.5. The van der Waals surface area contributed by atoms with Crippen molar-refractivity contribution in [3.63, 3.8) is 0 Å². The molecular formula is C28H33N3O6. The van der Waals surface area contributed by atoms with Crippen LogP contribution in [0.3, 0.4) is 0 Å². The van der Waals surface area contributed by atoms with Crippen molar-refractivity contribution in [3.05, 3.63) is 71.8 Å². The molecule has 0 radical (unpaired) electrons. The van der Waals surface area contributed by atoms with Crippen LogP contribution in [0.4, 0.5) is 4.79 Å². The maximum atomic E-state index is 13.4. The highest BCUT2D eigenvalue weighted by Crippen LogP contribution is 2.10. The second-order valence-corrected chi connectivity index (χ2v) is 9.45. The SMILES string of the molecule is C#CC[C@@H](NC(=O)[C@@H](Cc1ccccc1)NC(=O)[C@@H](Cc1ccccc1)NC(=O)OC(C)(C)C)C(=O)O. The number of nitrogens with one attached hydrogen (secondary N) is 3. The summed E-state index contributed by atoms with van der Waals surface area (Å²) in [6.07, 6.45) is 4.46. The number of aliphatic carboxylic acids is 1. The molecular weight excluding hydrogens is 474 g/mol.